The van der Waals surface area contributed by atoms with Gasteiger partial charge >= 0.3 is 0 Å². The molecule has 1 amide bonds. The molecule has 0 atom stereocenters. The van der Waals surface area contributed by atoms with Crippen LogP contribution in [0.15, 0.2) is 53.9 Å². The summed E-state index contributed by atoms with van der Waals surface area (Å²) >= 11 is 1.31. The van der Waals surface area contributed by atoms with Gasteiger partial charge in [0, 0.05) is 30.1 Å². The number of hydrogen-bond acceptors (Lipinski definition) is 5. The third kappa shape index (κ3) is 4.02. The highest BCUT2D eigenvalue weighted by molar-refractivity contribution is 7.99. The number of amides is 1. The van der Waals surface area contributed by atoms with Crippen LogP contribution in [0.2, 0.25) is 0 Å². The maximum absolute atomic E-state index is 12.3. The lowest BCUT2D eigenvalue weighted by molar-refractivity contribution is -0.113. The van der Waals surface area contributed by atoms with E-state index in [1.807, 2.05) is 40.8 Å². The van der Waals surface area contributed by atoms with Crippen LogP contribution in [0.5, 0.6) is 0 Å². The topological polar surface area (TPSA) is 81.8 Å². The maximum Gasteiger partial charge on any atom is 0.234 e. The number of ketones is 1. The zero-order chi connectivity index (χ0) is 18.5. The Morgan fingerprint density at radius 2 is 1.92 bits per heavy atom. The van der Waals surface area contributed by atoms with Crippen molar-refractivity contribution in [2.75, 3.05) is 11.1 Å². The lowest BCUT2D eigenvalue weighted by Crippen LogP contribution is -2.16. The van der Waals surface area contributed by atoms with Crippen LogP contribution in [0.4, 0.5) is 5.69 Å². The Labute approximate surface area is 155 Å². The molecule has 1 aromatic carbocycles. The van der Waals surface area contributed by atoms with Gasteiger partial charge in [0.25, 0.3) is 0 Å². The van der Waals surface area contributed by atoms with Gasteiger partial charge in [-0.25, -0.2) is 4.68 Å². The zero-order valence-corrected chi connectivity index (χ0v) is 15.4. The first-order chi connectivity index (χ1) is 12.6. The maximum atomic E-state index is 12.3. The smallest absolute Gasteiger partial charge is 0.234 e. The number of carbonyl (C=O) groups is 2. The molecule has 3 aromatic rings. The first kappa shape index (κ1) is 17.9. The molecule has 0 saturated heterocycles. The molecule has 0 bridgehead atoms. The highest BCUT2D eigenvalue weighted by Gasteiger charge is 2.14. The molecule has 0 aliphatic carbocycles. The molecule has 0 spiro atoms. The second-order valence-corrected chi connectivity index (χ2v) is 6.54. The van der Waals surface area contributed by atoms with Gasteiger partial charge in [-0.2, -0.15) is 0 Å². The van der Waals surface area contributed by atoms with E-state index in [0.717, 1.165) is 12.2 Å². The third-order valence-corrected chi connectivity index (χ3v) is 4.62. The van der Waals surface area contributed by atoms with Crippen molar-refractivity contribution in [3.05, 3.63) is 60.2 Å². The quantitative estimate of drug-likeness (QED) is 0.511. The molecule has 0 saturated carbocycles. The predicted molar refractivity (Wildman–Crippen MR) is 100 cm³/mol. The fourth-order valence-electron chi connectivity index (χ4n) is 2.44. The van der Waals surface area contributed by atoms with Crippen LogP contribution in [0.25, 0.3) is 0 Å². The van der Waals surface area contributed by atoms with Crippen LogP contribution in [-0.2, 0) is 11.2 Å². The molecule has 8 heteroatoms. The van der Waals surface area contributed by atoms with Crippen LogP contribution in [0.1, 0.15) is 30.0 Å². The minimum absolute atomic E-state index is 0.0395. The number of anilines is 1. The molecule has 1 N–H and O–H groups in total. The number of thioether (sulfide) groups is 1. The monoisotopic (exact) mass is 369 g/mol. The number of Topliss-reactive ketones (excluding diaryl/α,β-unsaturated/α-hetero) is 1. The Morgan fingerprint density at radius 1 is 1.15 bits per heavy atom. The Hall–Kier alpha value is -2.87. The zero-order valence-electron chi connectivity index (χ0n) is 14.5. The van der Waals surface area contributed by atoms with Gasteiger partial charge in [-0.1, -0.05) is 30.8 Å². The van der Waals surface area contributed by atoms with Crippen molar-refractivity contribution in [2.24, 2.45) is 0 Å². The average molecular weight is 369 g/mol. The first-order valence-corrected chi connectivity index (χ1v) is 9.18. The Bertz CT molecular complexity index is 918. The fraction of sp³-hybridized carbons (Fsp3) is 0.222. The molecular weight excluding hydrogens is 350 g/mol. The Balaban J connectivity index is 1.68. The van der Waals surface area contributed by atoms with E-state index in [1.54, 1.807) is 24.3 Å². The van der Waals surface area contributed by atoms with Gasteiger partial charge in [0.15, 0.2) is 11.6 Å². The van der Waals surface area contributed by atoms with Crippen molar-refractivity contribution in [1.29, 1.82) is 0 Å². The predicted octanol–water partition coefficient (Wildman–Crippen LogP) is 2.89. The molecule has 0 aliphatic rings. The Morgan fingerprint density at radius 3 is 2.62 bits per heavy atom. The van der Waals surface area contributed by atoms with E-state index in [2.05, 4.69) is 15.5 Å². The molecule has 2 heterocycles. The van der Waals surface area contributed by atoms with Gasteiger partial charge in [0.1, 0.15) is 0 Å². The minimum Gasteiger partial charge on any atom is -0.325 e. The SMILES string of the molecule is CCc1nnc(SCC(=O)Nc2cccc(C(C)=O)c2)n1-n1cccc1. The molecule has 0 radical (unpaired) electrons. The summed E-state index contributed by atoms with van der Waals surface area (Å²) in [5.74, 6) is 0.796. The number of benzene rings is 1. The van der Waals surface area contributed by atoms with E-state index < -0.39 is 0 Å². The van der Waals surface area contributed by atoms with Crippen LogP contribution in [0, 0.1) is 0 Å². The number of rotatable bonds is 7. The number of hydrogen-bond donors (Lipinski definition) is 1. The normalized spacial score (nSPS) is 10.7. The van der Waals surface area contributed by atoms with Crippen molar-refractivity contribution in [2.45, 2.75) is 25.4 Å². The largest absolute Gasteiger partial charge is 0.325 e. The molecule has 0 fully saturated rings. The molecular formula is C18H19N5O2S. The number of nitrogens with one attached hydrogen (secondary N) is 1. The van der Waals surface area contributed by atoms with E-state index in [0.29, 0.717) is 16.4 Å². The molecule has 3 rings (SSSR count). The van der Waals surface area contributed by atoms with Crippen LogP contribution in [0.3, 0.4) is 0 Å². The Kier molecular flexibility index (Phi) is 5.52. The molecule has 26 heavy (non-hydrogen) atoms. The van der Waals surface area contributed by atoms with Crippen molar-refractivity contribution >= 4 is 29.1 Å². The highest BCUT2D eigenvalue weighted by Crippen LogP contribution is 2.19. The number of nitrogens with zero attached hydrogens (tertiary/aromatic N) is 4. The second-order valence-electron chi connectivity index (χ2n) is 5.60. The summed E-state index contributed by atoms with van der Waals surface area (Å²) in [5, 5.41) is 11.8. The number of carbonyl (C=O) groups excluding carboxylic acids is 2. The molecule has 7 nitrogen and oxygen atoms in total. The van der Waals surface area contributed by atoms with E-state index >= 15 is 0 Å². The van der Waals surface area contributed by atoms with Gasteiger partial charge in [0.2, 0.25) is 11.1 Å². The third-order valence-electron chi connectivity index (χ3n) is 3.70. The van der Waals surface area contributed by atoms with Crippen LogP contribution in [-0.4, -0.2) is 37.0 Å². The minimum atomic E-state index is -0.171. The summed E-state index contributed by atoms with van der Waals surface area (Å²) < 4.78 is 3.77. The van der Waals surface area contributed by atoms with Crippen molar-refractivity contribution in [3.8, 4) is 0 Å². The van der Waals surface area contributed by atoms with Gasteiger partial charge in [-0.05, 0) is 31.2 Å². The molecule has 0 aliphatic heterocycles. The van der Waals surface area contributed by atoms with E-state index in [4.69, 9.17) is 0 Å². The molecule has 2 aromatic heterocycles. The van der Waals surface area contributed by atoms with Gasteiger partial charge in [-0.3, -0.25) is 14.3 Å². The van der Waals surface area contributed by atoms with Gasteiger partial charge in [-0.15, -0.1) is 10.2 Å². The lowest BCUT2D eigenvalue weighted by atomic mass is 10.1. The average Bonchev–Trinajstić information content (AvgIpc) is 3.29. The van der Waals surface area contributed by atoms with E-state index in [-0.39, 0.29) is 17.4 Å². The van der Waals surface area contributed by atoms with Crippen LogP contribution >= 0.6 is 11.8 Å². The molecule has 0 unspecified atom stereocenters. The lowest BCUT2D eigenvalue weighted by Gasteiger charge is -2.10. The summed E-state index contributed by atoms with van der Waals surface area (Å²) in [7, 11) is 0. The van der Waals surface area contributed by atoms with E-state index in [1.165, 1.54) is 18.7 Å². The fourth-order valence-corrected chi connectivity index (χ4v) is 3.19. The van der Waals surface area contributed by atoms with Crippen molar-refractivity contribution < 1.29 is 9.59 Å². The van der Waals surface area contributed by atoms with Crippen molar-refractivity contribution in [1.82, 2.24) is 19.5 Å². The van der Waals surface area contributed by atoms with Crippen LogP contribution < -0.4 is 5.32 Å². The summed E-state index contributed by atoms with van der Waals surface area (Å²) in [5.41, 5.74) is 1.17. The summed E-state index contributed by atoms with van der Waals surface area (Å²) in [6.45, 7) is 3.50. The standard InChI is InChI=1S/C18H19N5O2S/c1-3-16-20-21-18(23(16)22-9-4-5-10-22)26-12-17(25)19-15-8-6-7-14(11-15)13(2)24/h4-11H,3,12H2,1-2H3,(H,19,25). The summed E-state index contributed by atoms with van der Waals surface area (Å²) in [6.07, 6.45) is 4.54. The summed E-state index contributed by atoms with van der Waals surface area (Å²) in [6, 6.07) is 10.7. The highest BCUT2D eigenvalue weighted by atomic mass is 32.2. The van der Waals surface area contributed by atoms with Crippen molar-refractivity contribution in [3.63, 3.8) is 0 Å². The second kappa shape index (κ2) is 8.01. The molecule has 134 valence electrons. The van der Waals surface area contributed by atoms with E-state index in [9.17, 15) is 9.59 Å². The first-order valence-electron chi connectivity index (χ1n) is 8.20. The number of aryl methyl sites for hydroxylation is 1. The van der Waals surface area contributed by atoms with Gasteiger partial charge in [0.05, 0.1) is 5.75 Å². The summed E-state index contributed by atoms with van der Waals surface area (Å²) in [4.78, 5) is 23.7. The van der Waals surface area contributed by atoms with Gasteiger partial charge < -0.3 is 5.32 Å². The number of aromatic nitrogens is 4.